The molecule has 42 heavy (non-hydrogen) atoms. The van der Waals surface area contributed by atoms with Crippen LogP contribution in [0, 0.1) is 6.92 Å². The lowest BCUT2D eigenvalue weighted by Gasteiger charge is -2.20. The van der Waals surface area contributed by atoms with Crippen molar-refractivity contribution in [3.8, 4) is 39.1 Å². The van der Waals surface area contributed by atoms with Gasteiger partial charge in [0, 0.05) is 18.0 Å². The van der Waals surface area contributed by atoms with Crippen LogP contribution in [0.15, 0.2) is 146 Å². The molecule has 0 unspecified atom stereocenters. The van der Waals surface area contributed by atoms with Gasteiger partial charge in [0.2, 0.25) is 0 Å². The van der Waals surface area contributed by atoms with E-state index >= 15 is 0 Å². The first-order valence-electron chi connectivity index (χ1n) is 14.3. The van der Waals surface area contributed by atoms with E-state index in [9.17, 15) is 0 Å². The molecule has 0 amide bonds. The molecule has 0 spiro atoms. The number of fused-ring (bicyclic) bond motifs is 3. The van der Waals surface area contributed by atoms with E-state index in [4.69, 9.17) is 4.98 Å². The normalized spacial score (nSPS) is 11.5. The molecule has 6 aromatic carbocycles. The molecule has 0 saturated heterocycles. The maximum Gasteiger partial charge on any atom is 0.111 e. The van der Waals surface area contributed by atoms with Crippen molar-refractivity contribution in [2.75, 3.05) is 0 Å². The molecule has 2 aromatic heterocycles. The van der Waals surface area contributed by atoms with Crippen LogP contribution in [0.1, 0.15) is 5.82 Å². The summed E-state index contributed by atoms with van der Waals surface area (Å²) in [6, 6.07) is 47.7. The fourth-order valence-corrected chi connectivity index (χ4v) is 6.42. The van der Waals surface area contributed by atoms with E-state index in [-0.39, 0.29) is 0 Å². The summed E-state index contributed by atoms with van der Waals surface area (Å²) < 4.78 is 2.29. The monoisotopic (exact) mass is 537 g/mol. The van der Waals surface area contributed by atoms with E-state index < -0.39 is 0 Å². The van der Waals surface area contributed by atoms with Crippen LogP contribution in [0.2, 0.25) is 0 Å². The highest BCUT2D eigenvalue weighted by Crippen LogP contribution is 2.45. The van der Waals surface area contributed by atoms with E-state index in [2.05, 4.69) is 138 Å². The molecule has 0 aliphatic rings. The Hall–Kier alpha value is -5.54. The molecule has 0 radical (unpaired) electrons. The highest BCUT2D eigenvalue weighted by molar-refractivity contribution is 6.22. The molecule has 2 heterocycles. The molecule has 3 heteroatoms. The number of benzene rings is 6. The van der Waals surface area contributed by atoms with Gasteiger partial charge in [0.05, 0.1) is 16.7 Å². The molecule has 0 fully saturated rings. The lowest BCUT2D eigenvalue weighted by atomic mass is 9.85. The highest BCUT2D eigenvalue weighted by atomic mass is 15.1. The van der Waals surface area contributed by atoms with Crippen LogP contribution < -0.4 is 0 Å². The number of aryl methyl sites for hydroxylation is 1. The topological polar surface area (TPSA) is 30.7 Å². The van der Waals surface area contributed by atoms with Crippen LogP contribution in [0.3, 0.4) is 0 Å². The third-order valence-electron chi connectivity index (χ3n) is 8.24. The average molecular weight is 538 g/mol. The summed E-state index contributed by atoms with van der Waals surface area (Å²) in [6.07, 6.45) is 3.73. The molecule has 198 valence electrons. The maximum atomic E-state index is 4.89. The molecule has 0 saturated carbocycles. The summed E-state index contributed by atoms with van der Waals surface area (Å²) in [5, 5.41) is 4.94. The van der Waals surface area contributed by atoms with Gasteiger partial charge in [0.25, 0.3) is 0 Å². The van der Waals surface area contributed by atoms with Crippen molar-refractivity contribution in [1.82, 2.24) is 14.5 Å². The van der Waals surface area contributed by atoms with Crippen LogP contribution in [0.5, 0.6) is 0 Å². The van der Waals surface area contributed by atoms with E-state index in [1.807, 2.05) is 24.5 Å². The summed E-state index contributed by atoms with van der Waals surface area (Å²) in [6.45, 7) is 2.09. The van der Waals surface area contributed by atoms with Gasteiger partial charge in [-0.3, -0.25) is 9.55 Å². The second-order valence-electron chi connectivity index (χ2n) is 10.7. The Kier molecular flexibility index (Phi) is 5.68. The fourth-order valence-electron chi connectivity index (χ4n) is 6.42. The zero-order valence-electron chi connectivity index (χ0n) is 23.2. The van der Waals surface area contributed by atoms with Crippen molar-refractivity contribution < 1.29 is 0 Å². The van der Waals surface area contributed by atoms with Gasteiger partial charge in [-0.1, -0.05) is 109 Å². The van der Waals surface area contributed by atoms with Crippen molar-refractivity contribution >= 4 is 32.6 Å². The number of pyridine rings is 1. The first-order valence-corrected chi connectivity index (χ1v) is 14.3. The minimum atomic E-state index is 0.975. The zero-order chi connectivity index (χ0) is 28.0. The van der Waals surface area contributed by atoms with Gasteiger partial charge in [0.15, 0.2) is 0 Å². The predicted molar refractivity (Wildman–Crippen MR) is 175 cm³/mol. The Morgan fingerprint density at radius 2 is 1.10 bits per heavy atom. The van der Waals surface area contributed by atoms with Crippen LogP contribution in [-0.4, -0.2) is 14.5 Å². The van der Waals surface area contributed by atoms with Gasteiger partial charge < -0.3 is 0 Å². The SMILES string of the molecule is Cc1nc2ccccc2n1-c1ccccc1-c1c2ccccc2c(-c2ccc(-c3cccnc3)cc2)c2ccccc12. The Balaban J connectivity index is 1.41. The van der Waals surface area contributed by atoms with Crippen LogP contribution in [-0.2, 0) is 0 Å². The molecular formula is C39H27N3. The smallest absolute Gasteiger partial charge is 0.111 e. The molecule has 0 aliphatic heterocycles. The number of rotatable bonds is 4. The summed E-state index contributed by atoms with van der Waals surface area (Å²) in [7, 11) is 0. The van der Waals surface area contributed by atoms with Gasteiger partial charge in [-0.25, -0.2) is 4.98 Å². The van der Waals surface area contributed by atoms with Gasteiger partial charge in [-0.05, 0) is 80.6 Å². The Bertz CT molecular complexity index is 2190. The number of imidazole rings is 1. The van der Waals surface area contributed by atoms with E-state index in [1.165, 1.54) is 43.8 Å². The largest absolute Gasteiger partial charge is 0.296 e. The van der Waals surface area contributed by atoms with E-state index in [0.29, 0.717) is 0 Å². The molecule has 3 nitrogen and oxygen atoms in total. The first-order chi connectivity index (χ1) is 20.8. The lowest BCUT2D eigenvalue weighted by Crippen LogP contribution is -2.00. The summed E-state index contributed by atoms with van der Waals surface area (Å²) in [5.74, 6) is 0.975. The minimum Gasteiger partial charge on any atom is -0.296 e. The second kappa shape index (κ2) is 9.83. The van der Waals surface area contributed by atoms with Crippen molar-refractivity contribution in [3.63, 3.8) is 0 Å². The van der Waals surface area contributed by atoms with Gasteiger partial charge in [-0.2, -0.15) is 0 Å². The van der Waals surface area contributed by atoms with Crippen molar-refractivity contribution in [2.45, 2.75) is 6.92 Å². The Labute approximate surface area is 244 Å². The molecule has 0 bridgehead atoms. The number of hydrogen-bond acceptors (Lipinski definition) is 2. The standard InChI is InChI=1S/C39H27N3/c1-26-41-35-17-7-9-19-37(35)42(26)36-18-8-6-16-34(36)39-32-14-4-2-12-30(32)38(31-13-3-5-15-33(31)39)28-22-20-27(21-23-28)29-11-10-24-40-25-29/h2-25H,1H3. The van der Waals surface area contributed by atoms with Gasteiger partial charge >= 0.3 is 0 Å². The maximum absolute atomic E-state index is 4.89. The number of para-hydroxylation sites is 3. The zero-order valence-corrected chi connectivity index (χ0v) is 23.2. The number of nitrogens with zero attached hydrogens (tertiary/aromatic N) is 3. The van der Waals surface area contributed by atoms with Crippen LogP contribution >= 0.6 is 0 Å². The van der Waals surface area contributed by atoms with Crippen molar-refractivity contribution in [3.05, 3.63) is 152 Å². The van der Waals surface area contributed by atoms with Crippen molar-refractivity contribution in [1.29, 1.82) is 0 Å². The average Bonchev–Trinajstić information content (AvgIpc) is 3.39. The third-order valence-corrected chi connectivity index (χ3v) is 8.24. The summed E-state index contributed by atoms with van der Waals surface area (Å²) >= 11 is 0. The van der Waals surface area contributed by atoms with Crippen LogP contribution in [0.25, 0.3) is 71.6 Å². The molecule has 8 rings (SSSR count). The Morgan fingerprint density at radius 1 is 0.500 bits per heavy atom. The summed E-state index contributed by atoms with van der Waals surface area (Å²) in [5.41, 5.74) is 10.4. The Morgan fingerprint density at radius 3 is 1.79 bits per heavy atom. The van der Waals surface area contributed by atoms with Crippen LogP contribution in [0.4, 0.5) is 0 Å². The van der Waals surface area contributed by atoms with E-state index in [1.54, 1.807) is 0 Å². The fraction of sp³-hybridized carbons (Fsp3) is 0.0256. The van der Waals surface area contributed by atoms with Gasteiger partial charge in [0.1, 0.15) is 5.82 Å². The highest BCUT2D eigenvalue weighted by Gasteiger charge is 2.20. The molecule has 0 N–H and O–H groups in total. The molecule has 8 aromatic rings. The predicted octanol–water partition coefficient (Wildman–Crippen LogP) is 10.0. The molecule has 0 aliphatic carbocycles. The van der Waals surface area contributed by atoms with E-state index in [0.717, 1.165) is 33.7 Å². The van der Waals surface area contributed by atoms with Gasteiger partial charge in [-0.15, -0.1) is 0 Å². The quantitative estimate of drug-likeness (QED) is 0.209. The minimum absolute atomic E-state index is 0.975. The second-order valence-corrected chi connectivity index (χ2v) is 10.7. The molecular weight excluding hydrogens is 510 g/mol. The molecule has 0 atom stereocenters. The number of hydrogen-bond donors (Lipinski definition) is 0. The third kappa shape index (κ3) is 3.82. The first kappa shape index (κ1) is 24.3. The lowest BCUT2D eigenvalue weighted by molar-refractivity contribution is 1.00. The summed E-state index contributed by atoms with van der Waals surface area (Å²) in [4.78, 5) is 9.19. The number of aromatic nitrogens is 3. The van der Waals surface area contributed by atoms with Crippen molar-refractivity contribution in [2.24, 2.45) is 0 Å².